The molecule has 1 aromatic heterocycles. The van der Waals surface area contributed by atoms with Crippen molar-refractivity contribution in [3.63, 3.8) is 0 Å². The first-order valence-electron chi connectivity index (χ1n) is 4.53. The second-order valence-electron chi connectivity index (χ2n) is 3.26. The number of aryl methyl sites for hydroxylation is 1. The Morgan fingerprint density at radius 1 is 1.12 bits per heavy atom. The Morgan fingerprint density at radius 3 is 2.31 bits per heavy atom. The van der Waals surface area contributed by atoms with Crippen molar-refractivity contribution in [3.8, 4) is 11.3 Å². The van der Waals surface area contributed by atoms with Crippen LogP contribution in [0.4, 0.5) is 8.78 Å². The maximum absolute atomic E-state index is 13.5. The van der Waals surface area contributed by atoms with E-state index < -0.39 is 11.6 Å². The Hall–Kier alpha value is -1.55. The van der Waals surface area contributed by atoms with Crippen LogP contribution < -0.4 is 0 Å². The maximum atomic E-state index is 13.5. The van der Waals surface area contributed by atoms with Crippen molar-refractivity contribution in [1.82, 2.24) is 9.97 Å². The monoisotopic (exact) mass is 240 g/mol. The van der Waals surface area contributed by atoms with E-state index in [-0.39, 0.29) is 16.5 Å². The Morgan fingerprint density at radius 2 is 1.75 bits per heavy atom. The fourth-order valence-corrected chi connectivity index (χ4v) is 1.63. The van der Waals surface area contributed by atoms with Crippen LogP contribution in [0.15, 0.2) is 24.3 Å². The van der Waals surface area contributed by atoms with E-state index in [1.54, 1.807) is 6.92 Å². The third-order valence-electron chi connectivity index (χ3n) is 2.05. The molecule has 2 rings (SSSR count). The van der Waals surface area contributed by atoms with E-state index in [0.717, 1.165) is 0 Å². The average molecular weight is 241 g/mol. The highest BCUT2D eigenvalue weighted by molar-refractivity contribution is 6.28. The first-order valence-corrected chi connectivity index (χ1v) is 4.91. The molecule has 0 saturated heterocycles. The highest BCUT2D eigenvalue weighted by Crippen LogP contribution is 2.25. The van der Waals surface area contributed by atoms with Crippen molar-refractivity contribution < 1.29 is 8.78 Å². The van der Waals surface area contributed by atoms with E-state index in [2.05, 4.69) is 9.97 Å². The van der Waals surface area contributed by atoms with E-state index in [4.69, 9.17) is 11.6 Å². The molecule has 0 N–H and O–H groups in total. The minimum absolute atomic E-state index is 0.0300. The summed E-state index contributed by atoms with van der Waals surface area (Å²) in [5.74, 6) is -1.34. The number of hydrogen-bond acceptors (Lipinski definition) is 2. The van der Waals surface area contributed by atoms with Gasteiger partial charge in [-0.25, -0.2) is 18.7 Å². The predicted octanol–water partition coefficient (Wildman–Crippen LogP) is 3.38. The van der Waals surface area contributed by atoms with Crippen molar-refractivity contribution in [1.29, 1.82) is 0 Å². The summed E-state index contributed by atoms with van der Waals surface area (Å²) >= 11 is 5.64. The van der Waals surface area contributed by atoms with E-state index in [1.807, 2.05) is 0 Å². The summed E-state index contributed by atoms with van der Waals surface area (Å²) in [6, 6.07) is 5.12. The lowest BCUT2D eigenvalue weighted by Crippen LogP contribution is -1.95. The molecule has 0 saturated carbocycles. The molecule has 5 heteroatoms. The Bertz CT molecular complexity index is 503. The molecule has 2 aromatic rings. The molecule has 0 amide bonds. The molecule has 16 heavy (non-hydrogen) atoms. The third kappa shape index (κ3) is 2.02. The molecule has 0 atom stereocenters. The molecular weight excluding hydrogens is 234 g/mol. The molecular formula is C11H7ClF2N2. The average Bonchev–Trinajstić information content (AvgIpc) is 2.15. The van der Waals surface area contributed by atoms with Gasteiger partial charge in [-0.3, -0.25) is 0 Å². The highest BCUT2D eigenvalue weighted by atomic mass is 35.5. The second kappa shape index (κ2) is 4.14. The molecule has 0 bridgehead atoms. The van der Waals surface area contributed by atoms with Crippen LogP contribution in [0, 0.1) is 18.6 Å². The fourth-order valence-electron chi connectivity index (χ4n) is 1.40. The summed E-state index contributed by atoms with van der Waals surface area (Å²) in [7, 11) is 0. The van der Waals surface area contributed by atoms with Crippen molar-refractivity contribution >= 4 is 11.6 Å². The number of aromatic nitrogens is 2. The van der Waals surface area contributed by atoms with Crippen molar-refractivity contribution in [2.45, 2.75) is 6.92 Å². The number of nitrogens with zero attached hydrogens (tertiary/aromatic N) is 2. The third-order valence-corrected chi connectivity index (χ3v) is 2.21. The van der Waals surface area contributed by atoms with Crippen LogP contribution in [0.5, 0.6) is 0 Å². The fraction of sp³-hybridized carbons (Fsp3) is 0.0909. The standard InChI is InChI=1S/C11H7ClF2N2/c1-6-5-9(16-11(12)15-6)10-7(13)3-2-4-8(10)14/h2-5H,1H3. The quantitative estimate of drug-likeness (QED) is 0.714. The van der Waals surface area contributed by atoms with Gasteiger partial charge in [-0.2, -0.15) is 0 Å². The lowest BCUT2D eigenvalue weighted by Gasteiger charge is -2.05. The number of hydrogen-bond donors (Lipinski definition) is 0. The van der Waals surface area contributed by atoms with E-state index in [1.165, 1.54) is 24.3 Å². The normalized spacial score (nSPS) is 10.5. The summed E-state index contributed by atoms with van der Waals surface area (Å²) in [5, 5.41) is -0.0300. The van der Waals surface area contributed by atoms with Crippen LogP contribution in [0.25, 0.3) is 11.3 Å². The van der Waals surface area contributed by atoms with Gasteiger partial charge in [0.15, 0.2) is 0 Å². The van der Waals surface area contributed by atoms with Crippen LogP contribution in [-0.2, 0) is 0 Å². The molecule has 2 nitrogen and oxygen atoms in total. The minimum Gasteiger partial charge on any atom is -0.223 e. The molecule has 0 spiro atoms. The highest BCUT2D eigenvalue weighted by Gasteiger charge is 2.13. The maximum Gasteiger partial charge on any atom is 0.223 e. The van der Waals surface area contributed by atoms with Crippen molar-refractivity contribution in [3.05, 3.63) is 46.9 Å². The van der Waals surface area contributed by atoms with Crippen molar-refractivity contribution in [2.24, 2.45) is 0 Å². The molecule has 1 aromatic carbocycles. The molecule has 0 aliphatic heterocycles. The van der Waals surface area contributed by atoms with Gasteiger partial charge in [0.2, 0.25) is 5.28 Å². The van der Waals surface area contributed by atoms with Gasteiger partial charge in [0.1, 0.15) is 11.6 Å². The molecule has 0 radical (unpaired) electrons. The SMILES string of the molecule is Cc1cc(-c2c(F)cccc2F)nc(Cl)n1. The van der Waals surface area contributed by atoms with Gasteiger partial charge in [0.25, 0.3) is 0 Å². The summed E-state index contributed by atoms with van der Waals surface area (Å²) in [5.41, 5.74) is 0.514. The summed E-state index contributed by atoms with van der Waals surface area (Å²) in [6.07, 6.45) is 0. The first-order chi connectivity index (χ1) is 7.58. The molecule has 0 fully saturated rings. The van der Waals surface area contributed by atoms with Crippen LogP contribution in [-0.4, -0.2) is 9.97 Å². The topological polar surface area (TPSA) is 25.8 Å². The number of rotatable bonds is 1. The number of halogens is 3. The molecule has 0 aliphatic carbocycles. The zero-order valence-corrected chi connectivity index (χ0v) is 9.09. The van der Waals surface area contributed by atoms with Gasteiger partial charge in [-0.1, -0.05) is 6.07 Å². The predicted molar refractivity (Wildman–Crippen MR) is 57.1 cm³/mol. The summed E-state index contributed by atoms with van der Waals surface area (Å²) in [4.78, 5) is 7.63. The van der Waals surface area contributed by atoms with Gasteiger partial charge >= 0.3 is 0 Å². The zero-order chi connectivity index (χ0) is 11.7. The van der Waals surface area contributed by atoms with Crippen LogP contribution in [0.2, 0.25) is 5.28 Å². The Balaban J connectivity index is 2.67. The molecule has 1 heterocycles. The van der Waals surface area contributed by atoms with E-state index in [9.17, 15) is 8.78 Å². The van der Waals surface area contributed by atoms with Crippen molar-refractivity contribution in [2.75, 3.05) is 0 Å². The molecule has 0 aliphatic rings. The largest absolute Gasteiger partial charge is 0.223 e. The smallest absolute Gasteiger partial charge is 0.223 e. The second-order valence-corrected chi connectivity index (χ2v) is 3.60. The van der Waals surface area contributed by atoms with Crippen LogP contribution in [0.3, 0.4) is 0 Å². The van der Waals surface area contributed by atoms with Gasteiger partial charge in [-0.05, 0) is 36.7 Å². The van der Waals surface area contributed by atoms with Gasteiger partial charge in [-0.15, -0.1) is 0 Å². The lowest BCUT2D eigenvalue weighted by atomic mass is 10.1. The zero-order valence-electron chi connectivity index (χ0n) is 8.34. The van der Waals surface area contributed by atoms with E-state index >= 15 is 0 Å². The molecule has 0 unspecified atom stereocenters. The lowest BCUT2D eigenvalue weighted by molar-refractivity contribution is 0.588. The van der Waals surface area contributed by atoms with E-state index in [0.29, 0.717) is 5.69 Å². The van der Waals surface area contributed by atoms with Gasteiger partial charge in [0.05, 0.1) is 11.3 Å². The van der Waals surface area contributed by atoms with Gasteiger partial charge in [0, 0.05) is 5.69 Å². The van der Waals surface area contributed by atoms with Crippen LogP contribution in [0.1, 0.15) is 5.69 Å². The number of benzene rings is 1. The van der Waals surface area contributed by atoms with Gasteiger partial charge < -0.3 is 0 Å². The van der Waals surface area contributed by atoms with Crippen LogP contribution >= 0.6 is 11.6 Å². The summed E-state index contributed by atoms with van der Waals surface area (Å²) < 4.78 is 26.9. The minimum atomic E-state index is -0.672. The Labute approximate surface area is 95.9 Å². The molecule has 82 valence electrons. The Kier molecular flexibility index (Phi) is 2.83. The first kappa shape index (κ1) is 11.0. The summed E-state index contributed by atoms with van der Waals surface area (Å²) in [6.45, 7) is 1.68.